The van der Waals surface area contributed by atoms with Gasteiger partial charge in [-0.3, -0.25) is 14.9 Å². The molecule has 1 rings (SSSR count). The molecule has 0 atom stereocenters. The van der Waals surface area contributed by atoms with Gasteiger partial charge < -0.3 is 4.74 Å². The highest BCUT2D eigenvalue weighted by atomic mass is 16.6. The van der Waals surface area contributed by atoms with Crippen LogP contribution in [0.4, 0.5) is 5.69 Å². The van der Waals surface area contributed by atoms with E-state index >= 15 is 0 Å². The van der Waals surface area contributed by atoms with Gasteiger partial charge in [0.2, 0.25) is 0 Å². The third kappa shape index (κ3) is 2.87. The molecule has 0 aliphatic carbocycles. The summed E-state index contributed by atoms with van der Waals surface area (Å²) in [5.41, 5.74) is -0.100. The number of hydrogen-bond donors (Lipinski definition) is 0. The first-order valence-corrected chi connectivity index (χ1v) is 4.81. The van der Waals surface area contributed by atoms with Crippen LogP contribution in [-0.2, 0) is 16.0 Å². The van der Waals surface area contributed by atoms with Gasteiger partial charge in [0.05, 0.1) is 23.2 Å². The molecule has 6 heteroatoms. The quantitative estimate of drug-likeness (QED) is 0.450. The molecule has 1 aromatic carbocycles. The van der Waals surface area contributed by atoms with E-state index < -0.39 is 10.9 Å². The van der Waals surface area contributed by atoms with Gasteiger partial charge in [-0.05, 0) is 13.0 Å². The highest BCUT2D eigenvalue weighted by Crippen LogP contribution is 2.23. The van der Waals surface area contributed by atoms with Crippen LogP contribution in [0.3, 0.4) is 0 Å². The molecule has 0 amide bonds. The Kier molecular flexibility index (Phi) is 3.92. The van der Waals surface area contributed by atoms with Crippen LogP contribution in [0.25, 0.3) is 0 Å². The van der Waals surface area contributed by atoms with Gasteiger partial charge in [0.25, 0.3) is 5.69 Å². The highest BCUT2D eigenvalue weighted by Gasteiger charge is 2.22. The van der Waals surface area contributed by atoms with E-state index in [2.05, 4.69) is 4.74 Å². The first-order valence-electron chi connectivity index (χ1n) is 4.81. The van der Waals surface area contributed by atoms with Crippen LogP contribution >= 0.6 is 0 Å². The summed E-state index contributed by atoms with van der Waals surface area (Å²) in [6.45, 7) is 1.30. The van der Waals surface area contributed by atoms with E-state index in [1.54, 1.807) is 0 Å². The third-order valence-electron chi connectivity index (χ3n) is 2.18. The summed E-state index contributed by atoms with van der Waals surface area (Å²) < 4.78 is 4.52. The van der Waals surface area contributed by atoms with Crippen LogP contribution in [0.5, 0.6) is 0 Å². The molecule has 1 aromatic rings. The SMILES string of the molecule is COC(=O)c1cccc([N+](=O)[O-])c1CC(C)=O. The highest BCUT2D eigenvalue weighted by molar-refractivity contribution is 5.94. The maximum Gasteiger partial charge on any atom is 0.338 e. The molecule has 0 aliphatic heterocycles. The lowest BCUT2D eigenvalue weighted by Crippen LogP contribution is -2.11. The number of rotatable bonds is 4. The zero-order chi connectivity index (χ0) is 13.0. The Morgan fingerprint density at radius 3 is 2.53 bits per heavy atom. The molecule has 90 valence electrons. The number of hydrogen-bond acceptors (Lipinski definition) is 5. The van der Waals surface area contributed by atoms with E-state index in [4.69, 9.17) is 0 Å². The Morgan fingerprint density at radius 1 is 1.41 bits per heavy atom. The summed E-state index contributed by atoms with van der Waals surface area (Å²) in [6.07, 6.45) is -0.165. The first kappa shape index (κ1) is 12.8. The molecular formula is C11H11NO5. The van der Waals surface area contributed by atoms with Crippen molar-refractivity contribution >= 4 is 17.4 Å². The largest absolute Gasteiger partial charge is 0.465 e. The molecule has 0 aliphatic rings. The lowest BCUT2D eigenvalue weighted by atomic mass is 10.0. The van der Waals surface area contributed by atoms with Gasteiger partial charge in [0.1, 0.15) is 5.78 Å². The van der Waals surface area contributed by atoms with Gasteiger partial charge in [0.15, 0.2) is 0 Å². The number of benzene rings is 1. The van der Waals surface area contributed by atoms with Crippen molar-refractivity contribution in [1.29, 1.82) is 0 Å². The van der Waals surface area contributed by atoms with Crippen LogP contribution in [-0.4, -0.2) is 23.8 Å². The van der Waals surface area contributed by atoms with E-state index in [0.29, 0.717) is 0 Å². The number of ether oxygens (including phenoxy) is 1. The second kappa shape index (κ2) is 5.20. The van der Waals surface area contributed by atoms with Crippen molar-refractivity contribution in [3.63, 3.8) is 0 Å². The van der Waals surface area contributed by atoms with Crippen LogP contribution in [0.1, 0.15) is 22.8 Å². The third-order valence-corrected chi connectivity index (χ3v) is 2.18. The van der Waals surface area contributed by atoms with E-state index in [1.807, 2.05) is 0 Å². The van der Waals surface area contributed by atoms with E-state index in [1.165, 1.54) is 32.2 Å². The van der Waals surface area contributed by atoms with Crippen LogP contribution in [0.2, 0.25) is 0 Å². The number of Topliss-reactive ketones (excluding diaryl/α,β-unsaturated/α-hetero) is 1. The van der Waals surface area contributed by atoms with E-state index in [0.717, 1.165) is 0 Å². The fourth-order valence-electron chi connectivity index (χ4n) is 1.48. The van der Waals surface area contributed by atoms with Gasteiger partial charge in [-0.25, -0.2) is 4.79 Å². The molecule has 0 saturated heterocycles. The molecular weight excluding hydrogens is 226 g/mol. The maximum absolute atomic E-state index is 11.4. The fourth-order valence-corrected chi connectivity index (χ4v) is 1.48. The van der Waals surface area contributed by atoms with E-state index in [9.17, 15) is 19.7 Å². The van der Waals surface area contributed by atoms with Crippen molar-refractivity contribution in [2.75, 3.05) is 7.11 Å². The van der Waals surface area contributed by atoms with E-state index in [-0.39, 0.29) is 29.0 Å². The topological polar surface area (TPSA) is 86.5 Å². The Hall–Kier alpha value is -2.24. The summed E-state index contributed by atoms with van der Waals surface area (Å²) in [4.78, 5) is 32.7. The van der Waals surface area contributed by atoms with Crippen LogP contribution in [0.15, 0.2) is 18.2 Å². The summed E-state index contributed by atoms with van der Waals surface area (Å²) in [7, 11) is 1.18. The minimum absolute atomic E-state index is 0.0527. The van der Waals surface area contributed by atoms with Crippen molar-refractivity contribution in [2.45, 2.75) is 13.3 Å². The van der Waals surface area contributed by atoms with Gasteiger partial charge in [0, 0.05) is 12.5 Å². The molecule has 0 spiro atoms. The molecule has 0 bridgehead atoms. The molecule has 0 unspecified atom stereocenters. The lowest BCUT2D eigenvalue weighted by Gasteiger charge is -2.06. The number of esters is 1. The van der Waals surface area contributed by atoms with Crippen LogP contribution < -0.4 is 0 Å². The molecule has 0 aromatic heterocycles. The van der Waals surface area contributed by atoms with Crippen molar-refractivity contribution in [3.05, 3.63) is 39.4 Å². The monoisotopic (exact) mass is 237 g/mol. The molecule has 6 nitrogen and oxygen atoms in total. The maximum atomic E-state index is 11.4. The summed E-state index contributed by atoms with van der Waals surface area (Å²) >= 11 is 0. The zero-order valence-corrected chi connectivity index (χ0v) is 9.43. The normalized spacial score (nSPS) is 9.76. The average molecular weight is 237 g/mol. The predicted molar refractivity (Wildman–Crippen MR) is 58.8 cm³/mol. The van der Waals surface area contributed by atoms with Crippen molar-refractivity contribution in [1.82, 2.24) is 0 Å². The summed E-state index contributed by atoms with van der Waals surface area (Å²) in [5.74, 6) is -0.950. The number of carbonyl (C=O) groups is 2. The van der Waals surface area contributed by atoms with Crippen molar-refractivity contribution in [2.24, 2.45) is 0 Å². The number of nitro benzene ring substituents is 1. The summed E-state index contributed by atoms with van der Waals surface area (Å²) in [6, 6.07) is 4.04. The minimum Gasteiger partial charge on any atom is -0.465 e. The van der Waals surface area contributed by atoms with Gasteiger partial charge in [-0.15, -0.1) is 0 Å². The minimum atomic E-state index is -0.690. The Balaban J connectivity index is 3.38. The van der Waals surface area contributed by atoms with Crippen molar-refractivity contribution < 1.29 is 19.2 Å². The number of nitrogens with zero attached hydrogens (tertiary/aromatic N) is 1. The molecule has 17 heavy (non-hydrogen) atoms. The average Bonchev–Trinajstić information content (AvgIpc) is 2.27. The smallest absolute Gasteiger partial charge is 0.338 e. The van der Waals surface area contributed by atoms with Gasteiger partial charge in [-0.1, -0.05) is 6.07 Å². The Labute approximate surface area is 97.3 Å². The second-order valence-electron chi connectivity index (χ2n) is 3.43. The van der Waals surface area contributed by atoms with Crippen molar-refractivity contribution in [3.8, 4) is 0 Å². The molecule has 0 saturated carbocycles. The predicted octanol–water partition coefficient (Wildman–Crippen LogP) is 1.51. The molecule has 0 radical (unpaired) electrons. The second-order valence-corrected chi connectivity index (χ2v) is 3.43. The Bertz CT molecular complexity index is 481. The molecule has 0 heterocycles. The fraction of sp³-hybridized carbons (Fsp3) is 0.273. The summed E-state index contributed by atoms with van der Waals surface area (Å²) in [5, 5.41) is 10.8. The number of nitro groups is 1. The number of methoxy groups -OCH3 is 1. The van der Waals surface area contributed by atoms with Gasteiger partial charge in [-0.2, -0.15) is 0 Å². The lowest BCUT2D eigenvalue weighted by molar-refractivity contribution is -0.385. The molecule has 0 N–H and O–H groups in total. The first-order chi connectivity index (χ1) is 7.97. The van der Waals surface area contributed by atoms with Gasteiger partial charge >= 0.3 is 5.97 Å². The Morgan fingerprint density at radius 2 is 2.06 bits per heavy atom. The number of carbonyl (C=O) groups excluding carboxylic acids is 2. The number of ketones is 1. The standard InChI is InChI=1S/C11H11NO5/c1-7(13)6-9-8(11(14)17-2)4-3-5-10(9)12(15)16/h3-5H,6H2,1-2H3. The zero-order valence-electron chi connectivity index (χ0n) is 9.43. The van der Waals surface area contributed by atoms with Crippen LogP contribution in [0, 0.1) is 10.1 Å². The molecule has 0 fully saturated rings.